The van der Waals surface area contributed by atoms with Gasteiger partial charge in [0.1, 0.15) is 5.75 Å². The van der Waals surface area contributed by atoms with Crippen LogP contribution in [0.1, 0.15) is 47.5 Å². The molecule has 1 fully saturated rings. The lowest BCUT2D eigenvalue weighted by atomic mass is 9.80. The number of hydrogen-bond acceptors (Lipinski definition) is 3. The summed E-state index contributed by atoms with van der Waals surface area (Å²) >= 11 is 5.85. The van der Waals surface area contributed by atoms with Gasteiger partial charge in [0.25, 0.3) is 0 Å². The van der Waals surface area contributed by atoms with Gasteiger partial charge in [0.15, 0.2) is 6.23 Å². The summed E-state index contributed by atoms with van der Waals surface area (Å²) in [5.41, 5.74) is -0.0176. The van der Waals surface area contributed by atoms with Gasteiger partial charge in [-0.2, -0.15) is 0 Å². The lowest BCUT2D eigenvalue weighted by Gasteiger charge is -2.46. The first-order valence-corrected chi connectivity index (χ1v) is 8.71. The number of amides is 2. The van der Waals surface area contributed by atoms with Gasteiger partial charge in [0.05, 0.1) is 0 Å². The highest BCUT2D eigenvalue weighted by Gasteiger charge is 2.38. The number of carbonyl (C=O) groups excluding carboxylic acids is 1. The number of halogens is 1. The van der Waals surface area contributed by atoms with E-state index < -0.39 is 6.23 Å². The highest BCUT2D eigenvalue weighted by atomic mass is 35.5. The van der Waals surface area contributed by atoms with Gasteiger partial charge in [-0.15, -0.1) is 0 Å². The van der Waals surface area contributed by atoms with Crippen LogP contribution in [-0.4, -0.2) is 29.4 Å². The SMILES string of the molecule is CC(NC(=O)NC1CC(C)(C)NC(C)(C)C1)Oc1ccc(Cl)cc1. The number of benzene rings is 1. The maximum Gasteiger partial charge on any atom is 0.317 e. The second kappa shape index (κ2) is 7.19. The average Bonchev–Trinajstić information content (AvgIpc) is 2.37. The number of urea groups is 1. The molecular weight excluding hydrogens is 326 g/mol. The van der Waals surface area contributed by atoms with E-state index in [4.69, 9.17) is 16.3 Å². The third-order valence-electron chi connectivity index (χ3n) is 3.99. The number of piperidine rings is 1. The van der Waals surface area contributed by atoms with Crippen LogP contribution in [-0.2, 0) is 0 Å². The zero-order valence-corrected chi connectivity index (χ0v) is 15.8. The van der Waals surface area contributed by atoms with Crippen LogP contribution in [0.25, 0.3) is 0 Å². The molecule has 5 nitrogen and oxygen atoms in total. The summed E-state index contributed by atoms with van der Waals surface area (Å²) in [6.07, 6.45) is 1.33. The molecule has 0 bridgehead atoms. The summed E-state index contributed by atoms with van der Waals surface area (Å²) in [4.78, 5) is 12.2. The summed E-state index contributed by atoms with van der Waals surface area (Å²) in [5, 5.41) is 10.1. The van der Waals surface area contributed by atoms with Crippen LogP contribution >= 0.6 is 11.6 Å². The second-order valence-electron chi connectivity index (χ2n) is 7.83. The maximum absolute atomic E-state index is 12.2. The van der Waals surface area contributed by atoms with Crippen molar-refractivity contribution in [1.82, 2.24) is 16.0 Å². The van der Waals surface area contributed by atoms with Crippen molar-refractivity contribution in [2.24, 2.45) is 0 Å². The Kier molecular flexibility index (Phi) is 5.66. The van der Waals surface area contributed by atoms with Crippen molar-refractivity contribution in [3.8, 4) is 5.75 Å². The molecule has 1 atom stereocenters. The number of ether oxygens (including phenoxy) is 1. The van der Waals surface area contributed by atoms with Crippen LogP contribution < -0.4 is 20.7 Å². The third kappa shape index (κ3) is 5.87. The highest BCUT2D eigenvalue weighted by Crippen LogP contribution is 2.28. The van der Waals surface area contributed by atoms with Gasteiger partial charge < -0.3 is 20.7 Å². The van der Waals surface area contributed by atoms with Gasteiger partial charge in [-0.1, -0.05) is 11.6 Å². The molecule has 2 amide bonds. The van der Waals surface area contributed by atoms with Gasteiger partial charge in [-0.25, -0.2) is 4.79 Å². The van der Waals surface area contributed by atoms with E-state index in [2.05, 4.69) is 43.6 Å². The van der Waals surface area contributed by atoms with E-state index in [9.17, 15) is 4.79 Å². The summed E-state index contributed by atoms with van der Waals surface area (Å²) in [6.45, 7) is 10.4. The van der Waals surface area contributed by atoms with Gasteiger partial charge in [-0.3, -0.25) is 0 Å². The minimum atomic E-state index is -0.436. The molecule has 1 aromatic carbocycles. The van der Waals surface area contributed by atoms with Crippen molar-refractivity contribution in [2.45, 2.75) is 70.8 Å². The normalized spacial score (nSPS) is 20.9. The van der Waals surface area contributed by atoms with Crippen molar-refractivity contribution in [2.75, 3.05) is 0 Å². The van der Waals surface area contributed by atoms with Gasteiger partial charge >= 0.3 is 6.03 Å². The van der Waals surface area contributed by atoms with E-state index in [0.717, 1.165) is 12.8 Å². The van der Waals surface area contributed by atoms with E-state index >= 15 is 0 Å². The summed E-state index contributed by atoms with van der Waals surface area (Å²) in [5.74, 6) is 0.663. The molecule has 134 valence electrons. The Balaban J connectivity index is 1.84. The van der Waals surface area contributed by atoms with E-state index in [-0.39, 0.29) is 23.2 Å². The van der Waals surface area contributed by atoms with E-state index in [1.165, 1.54) is 0 Å². The Morgan fingerprint density at radius 3 is 2.29 bits per heavy atom. The van der Waals surface area contributed by atoms with Crippen LogP contribution in [0.3, 0.4) is 0 Å². The fourth-order valence-electron chi connectivity index (χ4n) is 3.58. The monoisotopic (exact) mass is 353 g/mol. The summed E-state index contributed by atoms with van der Waals surface area (Å²) in [7, 11) is 0. The number of carbonyl (C=O) groups is 1. The molecule has 1 saturated heterocycles. The number of nitrogens with one attached hydrogen (secondary N) is 3. The van der Waals surface area contributed by atoms with Gasteiger partial charge in [0.2, 0.25) is 0 Å². The van der Waals surface area contributed by atoms with Crippen LogP contribution in [0.2, 0.25) is 5.02 Å². The first kappa shape index (κ1) is 18.9. The van der Waals surface area contributed by atoms with Crippen LogP contribution in [0.5, 0.6) is 5.75 Å². The van der Waals surface area contributed by atoms with E-state index in [1.54, 1.807) is 31.2 Å². The molecule has 0 radical (unpaired) electrons. The van der Waals surface area contributed by atoms with Crippen LogP contribution in [0.15, 0.2) is 24.3 Å². The zero-order chi connectivity index (χ0) is 18.0. The topological polar surface area (TPSA) is 62.4 Å². The molecule has 0 saturated carbocycles. The minimum Gasteiger partial charge on any atom is -0.471 e. The molecule has 0 spiro atoms. The predicted octanol–water partition coefficient (Wildman–Crippen LogP) is 3.67. The molecule has 2 rings (SSSR count). The molecule has 1 aliphatic rings. The average molecular weight is 354 g/mol. The van der Waals surface area contributed by atoms with Crippen LogP contribution in [0, 0.1) is 0 Å². The molecule has 0 aliphatic carbocycles. The third-order valence-corrected chi connectivity index (χ3v) is 4.24. The Morgan fingerprint density at radius 1 is 1.21 bits per heavy atom. The fourth-order valence-corrected chi connectivity index (χ4v) is 3.71. The molecule has 1 heterocycles. The molecule has 6 heteroatoms. The summed E-state index contributed by atoms with van der Waals surface area (Å²) in [6, 6.07) is 6.96. The Bertz CT molecular complexity index is 556. The molecular formula is C18H28ClN3O2. The predicted molar refractivity (Wildman–Crippen MR) is 97.5 cm³/mol. The smallest absolute Gasteiger partial charge is 0.317 e. The lowest BCUT2D eigenvalue weighted by molar-refractivity contribution is 0.140. The lowest BCUT2D eigenvalue weighted by Crippen LogP contribution is -2.63. The van der Waals surface area contributed by atoms with E-state index in [1.807, 2.05) is 0 Å². The van der Waals surface area contributed by atoms with E-state index in [0.29, 0.717) is 10.8 Å². The van der Waals surface area contributed by atoms with Crippen molar-refractivity contribution < 1.29 is 9.53 Å². The van der Waals surface area contributed by atoms with Crippen molar-refractivity contribution in [3.63, 3.8) is 0 Å². The molecule has 1 aromatic rings. The first-order valence-electron chi connectivity index (χ1n) is 8.33. The molecule has 24 heavy (non-hydrogen) atoms. The largest absolute Gasteiger partial charge is 0.471 e. The van der Waals surface area contributed by atoms with Crippen molar-refractivity contribution in [3.05, 3.63) is 29.3 Å². The quantitative estimate of drug-likeness (QED) is 0.724. The minimum absolute atomic E-state index is 0.00881. The fraction of sp³-hybridized carbons (Fsp3) is 0.611. The Morgan fingerprint density at radius 2 is 1.75 bits per heavy atom. The van der Waals surface area contributed by atoms with Gasteiger partial charge in [-0.05, 0) is 71.7 Å². The zero-order valence-electron chi connectivity index (χ0n) is 15.1. The molecule has 1 aliphatic heterocycles. The number of rotatable bonds is 4. The van der Waals surface area contributed by atoms with Gasteiger partial charge in [0, 0.05) is 22.1 Å². The van der Waals surface area contributed by atoms with Crippen molar-refractivity contribution in [1.29, 1.82) is 0 Å². The van der Waals surface area contributed by atoms with Crippen LogP contribution in [0.4, 0.5) is 4.79 Å². The maximum atomic E-state index is 12.2. The molecule has 1 unspecified atom stereocenters. The molecule has 0 aromatic heterocycles. The number of hydrogen-bond donors (Lipinski definition) is 3. The molecule has 3 N–H and O–H groups in total. The Hall–Kier alpha value is -1.46. The van der Waals surface area contributed by atoms with Crippen molar-refractivity contribution >= 4 is 17.6 Å². The Labute approximate surface area is 149 Å². The summed E-state index contributed by atoms with van der Waals surface area (Å²) < 4.78 is 5.67. The highest BCUT2D eigenvalue weighted by molar-refractivity contribution is 6.30. The second-order valence-corrected chi connectivity index (χ2v) is 8.27. The first-order chi connectivity index (χ1) is 11.0. The standard InChI is InChI=1S/C18H28ClN3O2/c1-12(24-15-8-6-13(19)7-9-15)20-16(23)21-14-10-17(2,3)22-18(4,5)11-14/h6-9,12,14,22H,10-11H2,1-5H3,(H2,20,21,23).